The summed E-state index contributed by atoms with van der Waals surface area (Å²) in [6.07, 6.45) is 1.51. The second-order valence-corrected chi connectivity index (χ2v) is 4.58. The first-order chi connectivity index (χ1) is 9.56. The van der Waals surface area contributed by atoms with Gasteiger partial charge < -0.3 is 9.72 Å². The Hall–Kier alpha value is -2.17. The van der Waals surface area contributed by atoms with Crippen LogP contribution in [0.5, 0.6) is 5.75 Å². The molecule has 0 aliphatic rings. The Kier molecular flexibility index (Phi) is 4.17. The highest BCUT2D eigenvalue weighted by Crippen LogP contribution is 2.26. The summed E-state index contributed by atoms with van der Waals surface area (Å²) in [5, 5.41) is 0. The lowest BCUT2D eigenvalue weighted by atomic mass is 10.1. The number of aromatic nitrogens is 2. The molecule has 1 aromatic carbocycles. The number of rotatable bonds is 4. The van der Waals surface area contributed by atoms with E-state index >= 15 is 0 Å². The van der Waals surface area contributed by atoms with Crippen LogP contribution >= 0.6 is 0 Å². The quantitative estimate of drug-likeness (QED) is 0.934. The van der Waals surface area contributed by atoms with Crippen molar-refractivity contribution in [1.29, 1.82) is 0 Å². The van der Waals surface area contributed by atoms with Gasteiger partial charge in [-0.25, -0.2) is 9.37 Å². The van der Waals surface area contributed by atoms with Gasteiger partial charge >= 0.3 is 0 Å². The zero-order valence-electron chi connectivity index (χ0n) is 11.8. The van der Waals surface area contributed by atoms with Crippen LogP contribution in [0.2, 0.25) is 0 Å². The Morgan fingerprint density at radius 3 is 2.75 bits per heavy atom. The topological polar surface area (TPSA) is 55.0 Å². The van der Waals surface area contributed by atoms with Gasteiger partial charge in [-0.1, -0.05) is 6.92 Å². The molecule has 4 nitrogen and oxygen atoms in total. The highest BCUT2D eigenvalue weighted by atomic mass is 19.1. The van der Waals surface area contributed by atoms with Gasteiger partial charge in [-0.2, -0.15) is 0 Å². The molecule has 5 heteroatoms. The van der Waals surface area contributed by atoms with Crippen molar-refractivity contribution in [1.82, 2.24) is 9.97 Å². The smallest absolute Gasteiger partial charge is 0.254 e. The maximum absolute atomic E-state index is 14.1. The molecular weight excluding hydrogens is 259 g/mol. The first-order valence-electron chi connectivity index (χ1n) is 6.50. The minimum absolute atomic E-state index is 0.228. The third-order valence-corrected chi connectivity index (χ3v) is 3.12. The van der Waals surface area contributed by atoms with E-state index in [1.165, 1.54) is 13.2 Å². The first kappa shape index (κ1) is 14.2. The Morgan fingerprint density at radius 2 is 2.15 bits per heavy atom. The summed E-state index contributed by atoms with van der Waals surface area (Å²) < 4.78 is 19.1. The fourth-order valence-corrected chi connectivity index (χ4v) is 2.01. The summed E-state index contributed by atoms with van der Waals surface area (Å²) in [7, 11) is 1.48. The number of nitrogens with one attached hydrogen (secondary N) is 1. The van der Waals surface area contributed by atoms with Crippen molar-refractivity contribution in [3.63, 3.8) is 0 Å². The van der Waals surface area contributed by atoms with Crippen LogP contribution in [0.25, 0.3) is 11.3 Å². The van der Waals surface area contributed by atoms with E-state index in [1.54, 1.807) is 19.1 Å². The molecule has 0 spiro atoms. The van der Waals surface area contributed by atoms with Gasteiger partial charge in [0.25, 0.3) is 5.56 Å². The summed E-state index contributed by atoms with van der Waals surface area (Å²) in [4.78, 5) is 19.0. The highest BCUT2D eigenvalue weighted by molar-refractivity contribution is 5.64. The zero-order chi connectivity index (χ0) is 14.7. The third kappa shape index (κ3) is 2.71. The van der Waals surface area contributed by atoms with Gasteiger partial charge in [-0.15, -0.1) is 0 Å². The van der Waals surface area contributed by atoms with E-state index in [-0.39, 0.29) is 5.56 Å². The summed E-state index contributed by atoms with van der Waals surface area (Å²) in [6, 6.07) is 4.52. The molecular formula is C15H17FN2O2. The number of aromatic amines is 1. The number of methoxy groups -OCH3 is 1. The van der Waals surface area contributed by atoms with Gasteiger partial charge in [-0.05, 0) is 25.5 Å². The van der Waals surface area contributed by atoms with Gasteiger partial charge in [-0.3, -0.25) is 4.79 Å². The molecule has 0 radical (unpaired) electrons. The minimum atomic E-state index is -0.451. The van der Waals surface area contributed by atoms with Gasteiger partial charge in [0.15, 0.2) is 0 Å². The number of benzene rings is 1. The summed E-state index contributed by atoms with van der Waals surface area (Å²) >= 11 is 0. The molecule has 0 bridgehead atoms. The molecule has 1 aromatic heterocycles. The normalized spacial score (nSPS) is 10.6. The van der Waals surface area contributed by atoms with Crippen molar-refractivity contribution in [3.8, 4) is 17.0 Å². The second-order valence-electron chi connectivity index (χ2n) is 4.58. The molecule has 0 aliphatic heterocycles. The van der Waals surface area contributed by atoms with Crippen LogP contribution in [0, 0.1) is 12.7 Å². The van der Waals surface area contributed by atoms with Gasteiger partial charge in [0.05, 0.1) is 12.8 Å². The molecule has 0 unspecified atom stereocenters. The van der Waals surface area contributed by atoms with Crippen LogP contribution in [0.4, 0.5) is 4.39 Å². The molecule has 0 atom stereocenters. The molecule has 0 aliphatic carbocycles. The van der Waals surface area contributed by atoms with E-state index in [0.29, 0.717) is 34.8 Å². The van der Waals surface area contributed by atoms with Crippen LogP contribution in [-0.4, -0.2) is 17.1 Å². The third-order valence-electron chi connectivity index (χ3n) is 3.12. The monoisotopic (exact) mass is 276 g/mol. The Bertz CT molecular complexity index is 680. The average Bonchev–Trinajstić information content (AvgIpc) is 2.43. The molecule has 1 N–H and O–H groups in total. The zero-order valence-corrected chi connectivity index (χ0v) is 11.8. The van der Waals surface area contributed by atoms with E-state index in [1.807, 2.05) is 6.92 Å². The molecule has 1 heterocycles. The number of nitrogens with zero attached hydrogens (tertiary/aromatic N) is 1. The van der Waals surface area contributed by atoms with E-state index in [0.717, 1.165) is 6.42 Å². The predicted octanol–water partition coefficient (Wildman–Crippen LogP) is 2.85. The van der Waals surface area contributed by atoms with Gasteiger partial charge in [0.1, 0.15) is 17.4 Å². The van der Waals surface area contributed by atoms with E-state index in [9.17, 15) is 9.18 Å². The standard InChI is InChI=1S/C15H17FN2O2/c1-4-5-13-17-14(9(2)15(19)18-13)11-7-6-10(20-3)8-12(11)16/h6-8H,4-5H2,1-3H3,(H,17,18,19). The number of H-pyrrole nitrogens is 1. The second kappa shape index (κ2) is 5.86. The number of aryl methyl sites for hydroxylation is 1. The van der Waals surface area contributed by atoms with Crippen LogP contribution in [0.15, 0.2) is 23.0 Å². The lowest BCUT2D eigenvalue weighted by Gasteiger charge is -2.09. The van der Waals surface area contributed by atoms with Crippen LogP contribution < -0.4 is 10.3 Å². The van der Waals surface area contributed by atoms with Crippen LogP contribution in [0.3, 0.4) is 0 Å². The summed E-state index contributed by atoms with van der Waals surface area (Å²) in [5.41, 5.74) is 0.881. The SMILES string of the molecule is CCCc1nc(-c2ccc(OC)cc2F)c(C)c(=O)[nH]1. The molecule has 2 rings (SSSR count). The Labute approximate surface area is 116 Å². The van der Waals surface area contributed by atoms with Crippen molar-refractivity contribution < 1.29 is 9.13 Å². The first-order valence-corrected chi connectivity index (χ1v) is 6.50. The van der Waals surface area contributed by atoms with Crippen molar-refractivity contribution in [2.75, 3.05) is 7.11 Å². The molecule has 0 saturated carbocycles. The maximum atomic E-state index is 14.1. The number of halogens is 1. The van der Waals surface area contributed by atoms with E-state index < -0.39 is 5.82 Å². The molecule has 106 valence electrons. The molecule has 2 aromatic rings. The molecule has 20 heavy (non-hydrogen) atoms. The fraction of sp³-hybridized carbons (Fsp3) is 0.333. The van der Waals surface area contributed by atoms with Crippen molar-refractivity contribution in [2.45, 2.75) is 26.7 Å². The van der Waals surface area contributed by atoms with Crippen LogP contribution in [-0.2, 0) is 6.42 Å². The highest BCUT2D eigenvalue weighted by Gasteiger charge is 2.14. The predicted molar refractivity (Wildman–Crippen MR) is 75.5 cm³/mol. The minimum Gasteiger partial charge on any atom is -0.497 e. The van der Waals surface area contributed by atoms with Gasteiger partial charge in [0.2, 0.25) is 0 Å². The lowest BCUT2D eigenvalue weighted by Crippen LogP contribution is -2.16. The van der Waals surface area contributed by atoms with E-state index in [4.69, 9.17) is 4.74 Å². The maximum Gasteiger partial charge on any atom is 0.254 e. The van der Waals surface area contributed by atoms with Crippen molar-refractivity contribution >= 4 is 0 Å². The number of hydrogen-bond donors (Lipinski definition) is 1. The Balaban J connectivity index is 2.59. The fourth-order valence-electron chi connectivity index (χ4n) is 2.01. The Morgan fingerprint density at radius 1 is 1.40 bits per heavy atom. The van der Waals surface area contributed by atoms with Crippen molar-refractivity contribution in [2.24, 2.45) is 0 Å². The van der Waals surface area contributed by atoms with Crippen LogP contribution in [0.1, 0.15) is 24.7 Å². The van der Waals surface area contributed by atoms with Crippen molar-refractivity contribution in [3.05, 3.63) is 45.8 Å². The van der Waals surface area contributed by atoms with Gasteiger partial charge in [0, 0.05) is 23.6 Å². The van der Waals surface area contributed by atoms with E-state index in [2.05, 4.69) is 9.97 Å². The largest absolute Gasteiger partial charge is 0.497 e. The molecule has 0 amide bonds. The lowest BCUT2D eigenvalue weighted by molar-refractivity contribution is 0.411. The average molecular weight is 276 g/mol. The number of ether oxygens (including phenoxy) is 1. The number of hydrogen-bond acceptors (Lipinski definition) is 3. The summed E-state index contributed by atoms with van der Waals surface area (Å²) in [6.45, 7) is 3.63. The molecule has 0 saturated heterocycles. The molecule has 0 fully saturated rings. The summed E-state index contributed by atoms with van der Waals surface area (Å²) in [5.74, 6) is 0.559.